The van der Waals surface area contributed by atoms with Crippen molar-refractivity contribution in [3.63, 3.8) is 0 Å². The zero-order valence-corrected chi connectivity index (χ0v) is 6.30. The highest BCUT2D eigenvalue weighted by atomic mass is 16.3. The van der Waals surface area contributed by atoms with Crippen molar-refractivity contribution < 1.29 is 5.11 Å². The average molecular weight is 128 g/mol. The van der Waals surface area contributed by atoms with Crippen molar-refractivity contribution in [2.75, 3.05) is 0 Å². The molecule has 1 atom stereocenters. The van der Waals surface area contributed by atoms with Crippen LogP contribution in [0.4, 0.5) is 0 Å². The van der Waals surface area contributed by atoms with Crippen LogP contribution in [-0.4, -0.2) is 11.2 Å². The van der Waals surface area contributed by atoms with Crippen LogP contribution in [0.1, 0.15) is 33.1 Å². The van der Waals surface area contributed by atoms with E-state index in [9.17, 15) is 5.11 Å². The van der Waals surface area contributed by atoms with E-state index in [1.54, 1.807) is 0 Å². The average Bonchev–Trinajstić information content (AvgIpc) is 1.60. The molecule has 0 aromatic rings. The molecule has 1 heteroatoms. The lowest BCUT2D eigenvalue weighted by molar-refractivity contribution is 0.0268. The molecule has 0 heterocycles. The minimum Gasteiger partial charge on any atom is -0.393 e. The zero-order valence-electron chi connectivity index (χ0n) is 6.30. The summed E-state index contributed by atoms with van der Waals surface area (Å²) in [5.41, 5.74) is 0. The molecule has 1 saturated carbocycles. The number of aliphatic hydroxyl groups excluding tert-OH is 1. The molecule has 1 N–H and O–H groups in total. The summed E-state index contributed by atoms with van der Waals surface area (Å²) in [7, 11) is 0. The van der Waals surface area contributed by atoms with Crippen LogP contribution in [0.15, 0.2) is 0 Å². The van der Waals surface area contributed by atoms with Gasteiger partial charge >= 0.3 is 0 Å². The molecule has 0 radical (unpaired) electrons. The minimum atomic E-state index is -0.0289. The summed E-state index contributed by atoms with van der Waals surface area (Å²) in [6.07, 6.45) is 3.80. The van der Waals surface area contributed by atoms with Crippen molar-refractivity contribution in [3.05, 3.63) is 0 Å². The summed E-state index contributed by atoms with van der Waals surface area (Å²) >= 11 is 0. The second-order valence-corrected chi connectivity index (χ2v) is 3.43. The Bertz CT molecular complexity index is 84.6. The molecule has 0 aromatic heterocycles. The lowest BCUT2D eigenvalue weighted by atomic mass is 9.77. The topological polar surface area (TPSA) is 20.2 Å². The van der Waals surface area contributed by atoms with Gasteiger partial charge in [0.2, 0.25) is 0 Å². The van der Waals surface area contributed by atoms with Gasteiger partial charge in [0.1, 0.15) is 0 Å². The number of hydrogen-bond acceptors (Lipinski definition) is 1. The highest BCUT2D eigenvalue weighted by Gasteiger charge is 2.27. The summed E-state index contributed by atoms with van der Waals surface area (Å²) in [6, 6.07) is 0. The van der Waals surface area contributed by atoms with Crippen LogP contribution in [0.25, 0.3) is 0 Å². The van der Waals surface area contributed by atoms with Crippen molar-refractivity contribution in [1.29, 1.82) is 0 Å². The van der Waals surface area contributed by atoms with Gasteiger partial charge < -0.3 is 5.11 Å². The van der Waals surface area contributed by atoms with E-state index in [0.717, 1.165) is 0 Å². The van der Waals surface area contributed by atoms with E-state index in [0.29, 0.717) is 11.8 Å². The Morgan fingerprint density at radius 2 is 1.89 bits per heavy atom. The van der Waals surface area contributed by atoms with E-state index < -0.39 is 0 Å². The molecule has 1 aliphatic carbocycles. The molecule has 0 aromatic carbocycles. The zero-order chi connectivity index (χ0) is 6.85. The molecule has 54 valence electrons. The standard InChI is InChI=1S/C8H16O/c1-6(2)8(9)7-4-3-5-7/h6-9H,3-5H2,1-2H3/t8-/m1/s1. The number of aliphatic hydroxyl groups is 1. The van der Waals surface area contributed by atoms with Gasteiger partial charge in [-0.1, -0.05) is 20.3 Å². The van der Waals surface area contributed by atoms with E-state index in [1.807, 2.05) is 0 Å². The maximum absolute atomic E-state index is 9.45. The van der Waals surface area contributed by atoms with Gasteiger partial charge in [0.15, 0.2) is 0 Å². The second-order valence-electron chi connectivity index (χ2n) is 3.43. The lowest BCUT2D eigenvalue weighted by Crippen LogP contribution is -2.30. The largest absolute Gasteiger partial charge is 0.393 e. The molecule has 0 aliphatic heterocycles. The minimum absolute atomic E-state index is 0.0289. The molecule has 0 spiro atoms. The van der Waals surface area contributed by atoms with Gasteiger partial charge in [-0.05, 0) is 24.7 Å². The first-order chi connectivity index (χ1) is 4.22. The van der Waals surface area contributed by atoms with Crippen LogP contribution in [0.2, 0.25) is 0 Å². The molecule has 0 unspecified atom stereocenters. The fourth-order valence-electron chi connectivity index (χ4n) is 1.33. The highest BCUT2D eigenvalue weighted by molar-refractivity contribution is 4.78. The van der Waals surface area contributed by atoms with E-state index >= 15 is 0 Å². The first kappa shape index (κ1) is 7.07. The fraction of sp³-hybridized carbons (Fsp3) is 1.00. The SMILES string of the molecule is CC(C)[C@@H](O)C1CCC1. The van der Waals surface area contributed by atoms with E-state index in [1.165, 1.54) is 19.3 Å². The summed E-state index contributed by atoms with van der Waals surface area (Å²) in [5, 5.41) is 9.45. The monoisotopic (exact) mass is 128 g/mol. The Kier molecular flexibility index (Phi) is 2.12. The molecular formula is C8H16O. The molecular weight excluding hydrogens is 112 g/mol. The second kappa shape index (κ2) is 2.70. The van der Waals surface area contributed by atoms with Gasteiger partial charge in [-0.2, -0.15) is 0 Å². The lowest BCUT2D eigenvalue weighted by Gasteiger charge is -2.32. The van der Waals surface area contributed by atoms with Gasteiger partial charge in [0.25, 0.3) is 0 Å². The Hall–Kier alpha value is -0.0400. The normalized spacial score (nSPS) is 24.0. The van der Waals surface area contributed by atoms with Gasteiger partial charge in [0, 0.05) is 0 Å². The van der Waals surface area contributed by atoms with E-state index in [4.69, 9.17) is 0 Å². The molecule has 0 amide bonds. The molecule has 1 rings (SSSR count). The van der Waals surface area contributed by atoms with Gasteiger partial charge in [-0.15, -0.1) is 0 Å². The van der Waals surface area contributed by atoms with Crippen LogP contribution in [0.3, 0.4) is 0 Å². The van der Waals surface area contributed by atoms with Crippen molar-refractivity contribution in [3.8, 4) is 0 Å². The Morgan fingerprint density at radius 1 is 1.33 bits per heavy atom. The quantitative estimate of drug-likeness (QED) is 0.601. The third kappa shape index (κ3) is 1.45. The Labute approximate surface area is 57.1 Å². The molecule has 1 aliphatic rings. The Morgan fingerprint density at radius 3 is 2.00 bits per heavy atom. The molecule has 1 fully saturated rings. The predicted molar refractivity (Wildman–Crippen MR) is 38.2 cm³/mol. The van der Waals surface area contributed by atoms with Crippen LogP contribution >= 0.6 is 0 Å². The molecule has 0 saturated heterocycles. The predicted octanol–water partition coefficient (Wildman–Crippen LogP) is 1.80. The molecule has 0 bridgehead atoms. The highest BCUT2D eigenvalue weighted by Crippen LogP contribution is 2.32. The fourth-order valence-corrected chi connectivity index (χ4v) is 1.33. The smallest absolute Gasteiger partial charge is 0.0591 e. The van der Waals surface area contributed by atoms with Crippen molar-refractivity contribution in [2.24, 2.45) is 11.8 Å². The third-order valence-corrected chi connectivity index (χ3v) is 2.32. The maximum atomic E-state index is 9.45. The maximum Gasteiger partial charge on any atom is 0.0591 e. The van der Waals surface area contributed by atoms with Gasteiger partial charge in [0.05, 0.1) is 6.10 Å². The first-order valence-corrected chi connectivity index (χ1v) is 3.90. The first-order valence-electron chi connectivity index (χ1n) is 3.90. The van der Waals surface area contributed by atoms with Crippen molar-refractivity contribution in [1.82, 2.24) is 0 Å². The van der Waals surface area contributed by atoms with Crippen molar-refractivity contribution >= 4 is 0 Å². The van der Waals surface area contributed by atoms with Crippen LogP contribution in [0.5, 0.6) is 0 Å². The summed E-state index contributed by atoms with van der Waals surface area (Å²) < 4.78 is 0. The van der Waals surface area contributed by atoms with E-state index in [-0.39, 0.29) is 6.10 Å². The van der Waals surface area contributed by atoms with Gasteiger partial charge in [-0.3, -0.25) is 0 Å². The molecule has 9 heavy (non-hydrogen) atoms. The van der Waals surface area contributed by atoms with Crippen LogP contribution < -0.4 is 0 Å². The third-order valence-electron chi connectivity index (χ3n) is 2.32. The molecule has 1 nitrogen and oxygen atoms in total. The summed E-state index contributed by atoms with van der Waals surface area (Å²) in [4.78, 5) is 0. The van der Waals surface area contributed by atoms with Crippen molar-refractivity contribution in [2.45, 2.75) is 39.2 Å². The van der Waals surface area contributed by atoms with Gasteiger partial charge in [-0.25, -0.2) is 0 Å². The Balaban J connectivity index is 2.23. The number of rotatable bonds is 2. The summed E-state index contributed by atoms with van der Waals surface area (Å²) in [6.45, 7) is 4.17. The van der Waals surface area contributed by atoms with Crippen LogP contribution in [-0.2, 0) is 0 Å². The number of hydrogen-bond donors (Lipinski definition) is 1. The van der Waals surface area contributed by atoms with Crippen LogP contribution in [0, 0.1) is 11.8 Å². The summed E-state index contributed by atoms with van der Waals surface area (Å²) in [5.74, 6) is 1.08. The van der Waals surface area contributed by atoms with E-state index in [2.05, 4.69) is 13.8 Å².